The van der Waals surface area contributed by atoms with Gasteiger partial charge in [-0.1, -0.05) is 0 Å². The van der Waals surface area contributed by atoms with Crippen molar-refractivity contribution in [2.24, 2.45) is 0 Å². The Morgan fingerprint density at radius 2 is 2.29 bits per heavy atom. The Morgan fingerprint density at radius 3 is 2.88 bits per heavy atom. The molecule has 0 unspecified atom stereocenters. The van der Waals surface area contributed by atoms with E-state index in [2.05, 4.69) is 5.32 Å². The standard InChI is InChI=1S/C12H16N2O2S/c1-8-6-13-3-4-14(8)12(16)11-5-10(7-17-11)9(2)15/h5,7-8,13H,3-4,6H2,1-2H3/t8-/m1/s1. The summed E-state index contributed by atoms with van der Waals surface area (Å²) in [5.74, 6) is 0.0464. The molecule has 1 saturated heterocycles. The second-order valence-corrected chi connectivity index (χ2v) is 5.22. The van der Waals surface area contributed by atoms with E-state index in [0.29, 0.717) is 10.4 Å². The van der Waals surface area contributed by atoms with Crippen molar-refractivity contribution in [2.45, 2.75) is 19.9 Å². The molecule has 0 radical (unpaired) electrons. The van der Waals surface area contributed by atoms with Crippen LogP contribution in [-0.4, -0.2) is 42.3 Å². The number of rotatable bonds is 2. The Kier molecular flexibility index (Phi) is 3.59. The Balaban J connectivity index is 2.15. The smallest absolute Gasteiger partial charge is 0.264 e. The molecule has 0 spiro atoms. The molecule has 92 valence electrons. The Bertz CT molecular complexity index is 441. The van der Waals surface area contributed by atoms with Crippen LogP contribution in [0.25, 0.3) is 0 Å². The molecule has 0 bridgehead atoms. The molecule has 1 aliphatic rings. The summed E-state index contributed by atoms with van der Waals surface area (Å²) in [6.07, 6.45) is 0. The normalized spacial score (nSPS) is 20.4. The first-order valence-electron chi connectivity index (χ1n) is 5.70. The number of carbonyl (C=O) groups is 2. The average Bonchev–Trinajstić information content (AvgIpc) is 2.78. The monoisotopic (exact) mass is 252 g/mol. The third kappa shape index (κ3) is 2.56. The lowest BCUT2D eigenvalue weighted by molar-refractivity contribution is 0.0661. The number of hydrogen-bond acceptors (Lipinski definition) is 4. The van der Waals surface area contributed by atoms with Gasteiger partial charge in [0.15, 0.2) is 5.78 Å². The van der Waals surface area contributed by atoms with Gasteiger partial charge in [0.2, 0.25) is 0 Å². The van der Waals surface area contributed by atoms with Crippen LogP contribution in [0.15, 0.2) is 11.4 Å². The second-order valence-electron chi connectivity index (χ2n) is 4.31. The van der Waals surface area contributed by atoms with Crippen molar-refractivity contribution in [1.82, 2.24) is 10.2 Å². The van der Waals surface area contributed by atoms with E-state index in [0.717, 1.165) is 19.6 Å². The largest absolute Gasteiger partial charge is 0.333 e. The van der Waals surface area contributed by atoms with Crippen LogP contribution in [0, 0.1) is 0 Å². The summed E-state index contributed by atoms with van der Waals surface area (Å²) >= 11 is 1.35. The minimum Gasteiger partial charge on any atom is -0.333 e. The number of carbonyl (C=O) groups excluding carboxylic acids is 2. The fourth-order valence-corrected chi connectivity index (χ4v) is 2.82. The van der Waals surface area contributed by atoms with Crippen molar-refractivity contribution >= 4 is 23.0 Å². The number of thiophene rings is 1. The van der Waals surface area contributed by atoms with E-state index in [1.165, 1.54) is 18.3 Å². The highest BCUT2D eigenvalue weighted by Crippen LogP contribution is 2.19. The maximum atomic E-state index is 12.2. The molecule has 0 aliphatic carbocycles. The van der Waals surface area contributed by atoms with Crippen LogP contribution in [0.2, 0.25) is 0 Å². The van der Waals surface area contributed by atoms with Crippen LogP contribution in [0.1, 0.15) is 33.9 Å². The molecule has 1 aromatic rings. The van der Waals surface area contributed by atoms with Crippen LogP contribution in [-0.2, 0) is 0 Å². The molecule has 5 heteroatoms. The van der Waals surface area contributed by atoms with Gasteiger partial charge in [-0.15, -0.1) is 11.3 Å². The quantitative estimate of drug-likeness (QED) is 0.809. The fourth-order valence-electron chi connectivity index (χ4n) is 1.92. The molecular formula is C12H16N2O2S. The van der Waals surface area contributed by atoms with E-state index >= 15 is 0 Å². The van der Waals surface area contributed by atoms with Crippen LogP contribution < -0.4 is 5.32 Å². The van der Waals surface area contributed by atoms with Gasteiger partial charge in [-0.25, -0.2) is 0 Å². The van der Waals surface area contributed by atoms with Crippen molar-refractivity contribution < 1.29 is 9.59 Å². The highest BCUT2D eigenvalue weighted by Gasteiger charge is 2.25. The van der Waals surface area contributed by atoms with Crippen molar-refractivity contribution in [3.8, 4) is 0 Å². The number of nitrogens with zero attached hydrogens (tertiary/aromatic N) is 1. The number of hydrogen-bond donors (Lipinski definition) is 1. The van der Waals surface area contributed by atoms with E-state index in [1.54, 1.807) is 11.4 Å². The van der Waals surface area contributed by atoms with Gasteiger partial charge in [0, 0.05) is 36.6 Å². The van der Waals surface area contributed by atoms with E-state index < -0.39 is 0 Å². The molecule has 1 aliphatic heterocycles. The van der Waals surface area contributed by atoms with Crippen LogP contribution in [0.4, 0.5) is 0 Å². The lowest BCUT2D eigenvalue weighted by atomic mass is 10.2. The molecule has 1 aromatic heterocycles. The van der Waals surface area contributed by atoms with Crippen molar-refractivity contribution in [3.05, 3.63) is 21.9 Å². The predicted octanol–water partition coefficient (Wildman–Crippen LogP) is 1.38. The summed E-state index contributed by atoms with van der Waals surface area (Å²) in [7, 11) is 0. The van der Waals surface area contributed by atoms with Gasteiger partial charge < -0.3 is 10.2 Å². The molecule has 2 heterocycles. The highest BCUT2D eigenvalue weighted by atomic mass is 32.1. The molecule has 0 saturated carbocycles. The van der Waals surface area contributed by atoms with E-state index in [-0.39, 0.29) is 17.7 Å². The zero-order chi connectivity index (χ0) is 12.4. The van der Waals surface area contributed by atoms with Gasteiger partial charge in [-0.2, -0.15) is 0 Å². The Labute approximate surface area is 105 Å². The number of piperazine rings is 1. The van der Waals surface area contributed by atoms with Crippen LogP contribution in [0.3, 0.4) is 0 Å². The number of Topliss-reactive ketones (excluding diaryl/α,β-unsaturated/α-hetero) is 1. The summed E-state index contributed by atoms with van der Waals surface area (Å²) in [6.45, 7) is 5.94. The van der Waals surface area contributed by atoms with Gasteiger partial charge in [0.1, 0.15) is 0 Å². The molecule has 1 fully saturated rings. The van der Waals surface area contributed by atoms with E-state index in [1.807, 2.05) is 11.8 Å². The average molecular weight is 252 g/mol. The topological polar surface area (TPSA) is 49.4 Å². The first kappa shape index (κ1) is 12.3. The molecule has 1 N–H and O–H groups in total. The Morgan fingerprint density at radius 1 is 1.53 bits per heavy atom. The first-order chi connectivity index (χ1) is 8.09. The van der Waals surface area contributed by atoms with Crippen LogP contribution >= 0.6 is 11.3 Å². The third-order valence-electron chi connectivity index (χ3n) is 2.98. The summed E-state index contributed by atoms with van der Waals surface area (Å²) in [5.41, 5.74) is 0.626. The van der Waals surface area contributed by atoms with Crippen molar-refractivity contribution in [1.29, 1.82) is 0 Å². The lowest BCUT2D eigenvalue weighted by Gasteiger charge is -2.33. The van der Waals surface area contributed by atoms with Gasteiger partial charge in [0.05, 0.1) is 4.88 Å². The lowest BCUT2D eigenvalue weighted by Crippen LogP contribution is -2.52. The van der Waals surface area contributed by atoms with Crippen molar-refractivity contribution in [3.63, 3.8) is 0 Å². The molecule has 0 aromatic carbocycles. The molecular weight excluding hydrogens is 236 g/mol. The maximum Gasteiger partial charge on any atom is 0.264 e. The minimum absolute atomic E-state index is 0.00802. The third-order valence-corrected chi connectivity index (χ3v) is 3.90. The zero-order valence-corrected chi connectivity index (χ0v) is 10.8. The number of ketones is 1. The minimum atomic E-state index is 0.00802. The van der Waals surface area contributed by atoms with E-state index in [9.17, 15) is 9.59 Å². The molecule has 1 amide bonds. The Hall–Kier alpha value is -1.20. The SMILES string of the molecule is CC(=O)c1csc(C(=O)N2CCNC[C@H]2C)c1. The number of nitrogens with one attached hydrogen (secondary N) is 1. The molecule has 2 rings (SSSR count). The van der Waals surface area contributed by atoms with Gasteiger partial charge in [0.25, 0.3) is 5.91 Å². The second kappa shape index (κ2) is 4.98. The summed E-state index contributed by atoms with van der Waals surface area (Å²) in [4.78, 5) is 26.0. The number of amides is 1. The first-order valence-corrected chi connectivity index (χ1v) is 6.58. The maximum absolute atomic E-state index is 12.2. The molecule has 4 nitrogen and oxygen atoms in total. The van der Waals surface area contributed by atoms with Gasteiger partial charge >= 0.3 is 0 Å². The summed E-state index contributed by atoms with van der Waals surface area (Å²) in [6, 6.07) is 1.91. The molecule has 1 atom stereocenters. The molecule has 17 heavy (non-hydrogen) atoms. The van der Waals surface area contributed by atoms with Gasteiger partial charge in [-0.3, -0.25) is 9.59 Å². The summed E-state index contributed by atoms with van der Waals surface area (Å²) in [5, 5.41) is 5.00. The highest BCUT2D eigenvalue weighted by molar-refractivity contribution is 7.12. The van der Waals surface area contributed by atoms with Gasteiger partial charge in [-0.05, 0) is 19.9 Å². The van der Waals surface area contributed by atoms with Crippen molar-refractivity contribution in [2.75, 3.05) is 19.6 Å². The zero-order valence-electron chi connectivity index (χ0n) is 10.0. The predicted molar refractivity (Wildman–Crippen MR) is 67.7 cm³/mol. The summed E-state index contributed by atoms with van der Waals surface area (Å²) < 4.78 is 0. The van der Waals surface area contributed by atoms with E-state index in [4.69, 9.17) is 0 Å². The van der Waals surface area contributed by atoms with Crippen LogP contribution in [0.5, 0.6) is 0 Å². The fraction of sp³-hybridized carbons (Fsp3) is 0.500.